The van der Waals surface area contributed by atoms with Crippen LogP contribution in [0.15, 0.2) is 60.8 Å². The maximum absolute atomic E-state index is 12.2. The summed E-state index contributed by atoms with van der Waals surface area (Å²) < 4.78 is 5.42. The number of aromatic nitrogens is 2. The van der Waals surface area contributed by atoms with Crippen molar-refractivity contribution in [3.8, 4) is 11.3 Å². The highest BCUT2D eigenvalue weighted by Crippen LogP contribution is 2.23. The Morgan fingerprint density at radius 1 is 1.00 bits per heavy atom. The molecule has 0 unspecified atom stereocenters. The maximum Gasteiger partial charge on any atom is 0.241 e. The van der Waals surface area contributed by atoms with Crippen LogP contribution in [0.2, 0.25) is 0 Å². The lowest BCUT2D eigenvalue weighted by Crippen LogP contribution is -2.37. The molecule has 172 valence electrons. The highest BCUT2D eigenvalue weighted by molar-refractivity contribution is 5.94. The fraction of sp³-hybridized carbons (Fsp3) is 0.320. The van der Waals surface area contributed by atoms with Crippen LogP contribution in [-0.2, 0) is 9.53 Å². The number of nitrogens with one attached hydrogen (secondary N) is 2. The molecule has 0 aliphatic carbocycles. The summed E-state index contributed by atoms with van der Waals surface area (Å²) in [6, 6.07) is 17.6. The molecule has 8 nitrogen and oxygen atoms in total. The topological polar surface area (TPSA) is 82.6 Å². The number of anilines is 4. The summed E-state index contributed by atoms with van der Waals surface area (Å²) in [5, 5.41) is 6.22. The summed E-state index contributed by atoms with van der Waals surface area (Å²) in [4.78, 5) is 25.4. The quantitative estimate of drug-likeness (QED) is 0.574. The fourth-order valence-electron chi connectivity index (χ4n) is 3.49. The maximum atomic E-state index is 12.2. The third kappa shape index (κ3) is 5.85. The third-order valence-corrected chi connectivity index (χ3v) is 5.76. The summed E-state index contributed by atoms with van der Waals surface area (Å²) >= 11 is 0. The summed E-state index contributed by atoms with van der Waals surface area (Å²) in [5.74, 6) is 0.490. The first-order chi connectivity index (χ1) is 16.0. The van der Waals surface area contributed by atoms with Gasteiger partial charge in [-0.3, -0.25) is 9.69 Å². The first kappa shape index (κ1) is 22.7. The summed E-state index contributed by atoms with van der Waals surface area (Å²) in [7, 11) is 3.76. The monoisotopic (exact) mass is 446 g/mol. The van der Waals surface area contributed by atoms with E-state index in [-0.39, 0.29) is 11.9 Å². The second kappa shape index (κ2) is 10.4. The van der Waals surface area contributed by atoms with Gasteiger partial charge in [-0.25, -0.2) is 9.97 Å². The van der Waals surface area contributed by atoms with E-state index >= 15 is 0 Å². The number of nitrogens with zero attached hydrogens (tertiary/aromatic N) is 4. The van der Waals surface area contributed by atoms with Crippen LogP contribution in [0.25, 0.3) is 11.3 Å². The van der Waals surface area contributed by atoms with E-state index in [1.807, 2.05) is 68.4 Å². The molecule has 8 heteroatoms. The van der Waals surface area contributed by atoms with Crippen LogP contribution in [0.1, 0.15) is 6.92 Å². The van der Waals surface area contributed by atoms with Gasteiger partial charge < -0.3 is 20.3 Å². The van der Waals surface area contributed by atoms with E-state index in [2.05, 4.69) is 37.6 Å². The van der Waals surface area contributed by atoms with Crippen molar-refractivity contribution in [2.45, 2.75) is 13.0 Å². The van der Waals surface area contributed by atoms with E-state index in [9.17, 15) is 4.79 Å². The molecule has 2 heterocycles. The number of carbonyl (C=O) groups is 1. The van der Waals surface area contributed by atoms with Crippen molar-refractivity contribution in [1.29, 1.82) is 0 Å². The Morgan fingerprint density at radius 3 is 2.33 bits per heavy atom. The summed E-state index contributed by atoms with van der Waals surface area (Å²) in [6.45, 7) is 5.23. The largest absolute Gasteiger partial charge is 0.378 e. The smallest absolute Gasteiger partial charge is 0.241 e. The van der Waals surface area contributed by atoms with Gasteiger partial charge in [0.05, 0.1) is 24.9 Å². The van der Waals surface area contributed by atoms with E-state index in [1.54, 1.807) is 6.20 Å². The van der Waals surface area contributed by atoms with Crippen LogP contribution < -0.4 is 15.5 Å². The number of likely N-dealkylation sites (N-methyl/N-ethyl adjacent to an activating group) is 1. The Kier molecular flexibility index (Phi) is 7.16. The molecule has 0 bridgehead atoms. The third-order valence-electron chi connectivity index (χ3n) is 5.76. The number of hydrogen-bond acceptors (Lipinski definition) is 7. The number of amides is 1. The molecular formula is C25H30N6O2. The molecule has 1 amide bonds. The molecule has 0 saturated carbocycles. The van der Waals surface area contributed by atoms with Crippen LogP contribution in [-0.4, -0.2) is 67.2 Å². The van der Waals surface area contributed by atoms with Crippen molar-refractivity contribution in [1.82, 2.24) is 14.9 Å². The van der Waals surface area contributed by atoms with Crippen LogP contribution in [0.4, 0.5) is 23.0 Å². The van der Waals surface area contributed by atoms with Crippen LogP contribution in [0, 0.1) is 0 Å². The summed E-state index contributed by atoms with van der Waals surface area (Å²) in [6.07, 6.45) is 1.74. The van der Waals surface area contributed by atoms with Gasteiger partial charge in [-0.15, -0.1) is 0 Å². The standard InChI is InChI=1S/C25H30N6O2/c1-18(30(2)3)24(32)27-20-6-4-19(5-7-20)23-12-13-26-25(29-23)28-21-8-10-22(11-9-21)31-14-16-33-17-15-31/h4-13,18H,14-17H2,1-3H3,(H,27,32)(H,26,28,29)/t18-/m0/s1. The number of morpholine rings is 1. The molecule has 4 rings (SSSR count). The van der Waals surface area contributed by atoms with Gasteiger partial charge in [0.1, 0.15) is 0 Å². The molecule has 1 fully saturated rings. The molecule has 0 spiro atoms. The minimum atomic E-state index is -0.205. The van der Waals surface area contributed by atoms with Gasteiger partial charge in [-0.2, -0.15) is 0 Å². The zero-order chi connectivity index (χ0) is 23.2. The van der Waals surface area contributed by atoms with Crippen molar-refractivity contribution in [3.63, 3.8) is 0 Å². The molecule has 1 aliphatic rings. The van der Waals surface area contributed by atoms with Crippen molar-refractivity contribution < 1.29 is 9.53 Å². The molecule has 1 aliphatic heterocycles. The Labute approximate surface area is 194 Å². The number of benzene rings is 2. The van der Waals surface area contributed by atoms with Gasteiger partial charge in [0.2, 0.25) is 11.9 Å². The molecule has 1 atom stereocenters. The first-order valence-corrected chi connectivity index (χ1v) is 11.1. The Balaban J connectivity index is 1.41. The molecule has 0 radical (unpaired) electrons. The van der Waals surface area contributed by atoms with Gasteiger partial charge in [-0.05, 0) is 63.5 Å². The molecule has 1 saturated heterocycles. The SMILES string of the molecule is C[C@@H](C(=O)Nc1ccc(-c2ccnc(Nc3ccc(N4CCOCC4)cc3)n2)cc1)N(C)C. The van der Waals surface area contributed by atoms with Gasteiger partial charge >= 0.3 is 0 Å². The highest BCUT2D eigenvalue weighted by Gasteiger charge is 2.15. The van der Waals surface area contributed by atoms with Gasteiger partial charge in [0.15, 0.2) is 0 Å². The Morgan fingerprint density at radius 2 is 1.67 bits per heavy atom. The van der Waals surface area contributed by atoms with Crippen LogP contribution in [0.3, 0.4) is 0 Å². The number of hydrogen-bond donors (Lipinski definition) is 2. The van der Waals surface area contributed by atoms with Gasteiger partial charge in [0.25, 0.3) is 0 Å². The molecule has 2 N–H and O–H groups in total. The minimum Gasteiger partial charge on any atom is -0.378 e. The lowest BCUT2D eigenvalue weighted by Gasteiger charge is -2.28. The zero-order valence-corrected chi connectivity index (χ0v) is 19.3. The average molecular weight is 447 g/mol. The van der Waals surface area contributed by atoms with E-state index < -0.39 is 0 Å². The van der Waals surface area contributed by atoms with Crippen molar-refractivity contribution in [2.24, 2.45) is 0 Å². The van der Waals surface area contributed by atoms with Crippen LogP contribution in [0.5, 0.6) is 0 Å². The van der Waals surface area contributed by atoms with Crippen molar-refractivity contribution >= 4 is 28.9 Å². The zero-order valence-electron chi connectivity index (χ0n) is 19.3. The number of ether oxygens (including phenoxy) is 1. The average Bonchev–Trinajstić information content (AvgIpc) is 2.85. The minimum absolute atomic E-state index is 0.0408. The van der Waals surface area contributed by atoms with Crippen molar-refractivity contribution in [2.75, 3.05) is 55.9 Å². The lowest BCUT2D eigenvalue weighted by atomic mass is 10.1. The Bertz CT molecular complexity index is 1060. The fourth-order valence-corrected chi connectivity index (χ4v) is 3.49. The summed E-state index contributed by atoms with van der Waals surface area (Å²) in [5.41, 5.74) is 4.62. The van der Waals surface area contributed by atoms with Crippen LogP contribution >= 0.6 is 0 Å². The van der Waals surface area contributed by atoms with E-state index in [0.29, 0.717) is 5.95 Å². The predicted octanol–water partition coefficient (Wildman–Crippen LogP) is 3.61. The van der Waals surface area contributed by atoms with Gasteiger partial charge in [0, 0.05) is 41.9 Å². The van der Waals surface area contributed by atoms with E-state index in [1.165, 1.54) is 5.69 Å². The normalized spacial score (nSPS) is 14.7. The molecule has 1 aromatic heterocycles. The molecule has 3 aromatic rings. The second-order valence-electron chi connectivity index (χ2n) is 8.24. The van der Waals surface area contributed by atoms with E-state index in [0.717, 1.165) is 48.9 Å². The molecule has 33 heavy (non-hydrogen) atoms. The van der Waals surface area contributed by atoms with Gasteiger partial charge in [-0.1, -0.05) is 12.1 Å². The first-order valence-electron chi connectivity index (χ1n) is 11.1. The number of carbonyl (C=O) groups excluding carboxylic acids is 1. The molecule has 2 aromatic carbocycles. The number of rotatable bonds is 7. The highest BCUT2D eigenvalue weighted by atomic mass is 16.5. The van der Waals surface area contributed by atoms with Crippen molar-refractivity contribution in [3.05, 3.63) is 60.8 Å². The lowest BCUT2D eigenvalue weighted by molar-refractivity contribution is -0.119. The molecular weight excluding hydrogens is 416 g/mol. The Hall–Kier alpha value is -3.49. The predicted molar refractivity (Wildman–Crippen MR) is 132 cm³/mol. The second-order valence-corrected chi connectivity index (χ2v) is 8.24. The van der Waals surface area contributed by atoms with E-state index in [4.69, 9.17) is 4.74 Å².